The highest BCUT2D eigenvalue weighted by molar-refractivity contribution is 5.67. The average Bonchev–Trinajstić information content (AvgIpc) is 2.73. The third-order valence-electron chi connectivity index (χ3n) is 5.65. The highest BCUT2D eigenvalue weighted by atomic mass is 16.5. The van der Waals surface area contributed by atoms with Gasteiger partial charge in [0.25, 0.3) is 0 Å². The number of ether oxygens (including phenoxy) is 2. The molecule has 1 aliphatic rings. The van der Waals surface area contributed by atoms with Crippen molar-refractivity contribution in [3.05, 3.63) is 89.0 Å². The fourth-order valence-electron chi connectivity index (χ4n) is 4.21. The Kier molecular flexibility index (Phi) is 4.93. The molecule has 3 aromatic rings. The first-order valence-corrected chi connectivity index (χ1v) is 9.58. The Balaban J connectivity index is 1.90. The lowest BCUT2D eigenvalue weighted by molar-refractivity contribution is 0.247. The number of benzene rings is 3. The number of methoxy groups -OCH3 is 1. The predicted molar refractivity (Wildman–Crippen MR) is 114 cm³/mol. The van der Waals surface area contributed by atoms with Gasteiger partial charge in [0, 0.05) is 17.4 Å². The SMILES string of the molecule is C=Cc1c(O)ccc2c1OCC(c1ccc(O)cc1)C2c1ccc(OC)c(C)c1. The summed E-state index contributed by atoms with van der Waals surface area (Å²) in [6, 6.07) is 17.1. The first-order valence-electron chi connectivity index (χ1n) is 9.58. The summed E-state index contributed by atoms with van der Waals surface area (Å²) in [5, 5.41) is 20.0. The van der Waals surface area contributed by atoms with Crippen LogP contribution in [0.4, 0.5) is 0 Å². The Bertz CT molecular complexity index is 1050. The quantitative estimate of drug-likeness (QED) is 0.631. The molecule has 0 aromatic heterocycles. The second-order valence-electron chi connectivity index (χ2n) is 7.34. The molecule has 0 fully saturated rings. The van der Waals surface area contributed by atoms with E-state index in [1.165, 1.54) is 0 Å². The number of hydrogen-bond acceptors (Lipinski definition) is 4. The Labute approximate surface area is 170 Å². The summed E-state index contributed by atoms with van der Waals surface area (Å²) in [5.41, 5.74) is 4.91. The van der Waals surface area contributed by atoms with Crippen molar-refractivity contribution in [2.45, 2.75) is 18.8 Å². The van der Waals surface area contributed by atoms with Gasteiger partial charge in [-0.15, -0.1) is 0 Å². The largest absolute Gasteiger partial charge is 0.508 e. The van der Waals surface area contributed by atoms with Gasteiger partial charge in [0.05, 0.1) is 19.3 Å². The van der Waals surface area contributed by atoms with Gasteiger partial charge >= 0.3 is 0 Å². The number of fused-ring (bicyclic) bond motifs is 1. The van der Waals surface area contributed by atoms with Gasteiger partial charge in [-0.25, -0.2) is 0 Å². The third kappa shape index (κ3) is 3.31. The summed E-state index contributed by atoms with van der Waals surface area (Å²) in [6.45, 7) is 6.33. The first kappa shape index (κ1) is 18.9. The maximum atomic E-state index is 10.3. The molecule has 0 radical (unpaired) electrons. The highest BCUT2D eigenvalue weighted by Crippen LogP contribution is 2.49. The summed E-state index contributed by atoms with van der Waals surface area (Å²) in [6.07, 6.45) is 1.63. The number of rotatable bonds is 4. The van der Waals surface area contributed by atoms with E-state index in [1.54, 1.807) is 31.4 Å². The Morgan fingerprint density at radius 3 is 2.41 bits per heavy atom. The van der Waals surface area contributed by atoms with E-state index < -0.39 is 0 Å². The number of phenols is 2. The van der Waals surface area contributed by atoms with Crippen LogP contribution in [0.15, 0.2) is 61.2 Å². The second kappa shape index (κ2) is 7.55. The standard InChI is InChI=1S/C25H24O4/c1-4-19-22(27)11-10-20-24(17-7-12-23(28-3)15(2)13-17)21(14-29-25(19)20)16-5-8-18(26)9-6-16/h4-13,21,24,26-27H,1,14H2,2-3H3. The lowest BCUT2D eigenvalue weighted by Crippen LogP contribution is -2.26. The van der Waals surface area contributed by atoms with Crippen molar-refractivity contribution in [2.75, 3.05) is 13.7 Å². The molecule has 0 saturated heterocycles. The number of phenolic OH excluding ortho intramolecular Hbond substituents is 2. The monoisotopic (exact) mass is 388 g/mol. The maximum Gasteiger partial charge on any atom is 0.134 e. The molecule has 0 aliphatic carbocycles. The third-order valence-corrected chi connectivity index (χ3v) is 5.65. The Morgan fingerprint density at radius 1 is 1.03 bits per heavy atom. The van der Waals surface area contributed by atoms with Gasteiger partial charge in [0.1, 0.15) is 23.0 Å². The van der Waals surface area contributed by atoms with Crippen molar-refractivity contribution in [1.82, 2.24) is 0 Å². The first-order chi connectivity index (χ1) is 14.0. The predicted octanol–water partition coefficient (Wildman–Crippen LogP) is 5.37. The molecule has 4 rings (SSSR count). The summed E-state index contributed by atoms with van der Waals surface area (Å²) in [4.78, 5) is 0. The molecule has 0 amide bonds. The summed E-state index contributed by atoms with van der Waals surface area (Å²) in [5.74, 6) is 1.99. The van der Waals surface area contributed by atoms with E-state index in [9.17, 15) is 10.2 Å². The van der Waals surface area contributed by atoms with Gasteiger partial charge in [-0.3, -0.25) is 0 Å². The zero-order valence-corrected chi connectivity index (χ0v) is 16.6. The molecule has 148 valence electrons. The normalized spacial score (nSPS) is 17.9. The van der Waals surface area contributed by atoms with Crippen LogP contribution in [0.5, 0.6) is 23.0 Å². The minimum absolute atomic E-state index is 0.0206. The zero-order chi connectivity index (χ0) is 20.5. The van der Waals surface area contributed by atoms with Crippen LogP contribution < -0.4 is 9.47 Å². The smallest absolute Gasteiger partial charge is 0.134 e. The number of aromatic hydroxyl groups is 2. The van der Waals surface area contributed by atoms with Crippen LogP contribution in [-0.2, 0) is 0 Å². The van der Waals surface area contributed by atoms with E-state index in [-0.39, 0.29) is 23.3 Å². The van der Waals surface area contributed by atoms with Gasteiger partial charge < -0.3 is 19.7 Å². The van der Waals surface area contributed by atoms with Gasteiger partial charge in [0.15, 0.2) is 0 Å². The fraction of sp³-hybridized carbons (Fsp3) is 0.200. The highest BCUT2D eigenvalue weighted by Gasteiger charge is 2.35. The summed E-state index contributed by atoms with van der Waals surface area (Å²) in [7, 11) is 1.67. The van der Waals surface area contributed by atoms with Crippen LogP contribution in [0, 0.1) is 6.92 Å². The number of hydrogen-bond donors (Lipinski definition) is 2. The zero-order valence-electron chi connectivity index (χ0n) is 16.6. The van der Waals surface area contributed by atoms with E-state index in [0.29, 0.717) is 17.9 Å². The van der Waals surface area contributed by atoms with Crippen LogP contribution >= 0.6 is 0 Å². The second-order valence-corrected chi connectivity index (χ2v) is 7.34. The van der Waals surface area contributed by atoms with Crippen molar-refractivity contribution >= 4 is 6.08 Å². The van der Waals surface area contributed by atoms with Gasteiger partial charge in [0.2, 0.25) is 0 Å². The number of aryl methyl sites for hydroxylation is 1. The summed E-state index contributed by atoms with van der Waals surface area (Å²) < 4.78 is 11.6. The van der Waals surface area contributed by atoms with Crippen LogP contribution in [0.1, 0.15) is 39.7 Å². The Morgan fingerprint density at radius 2 is 1.76 bits per heavy atom. The molecule has 4 nitrogen and oxygen atoms in total. The van der Waals surface area contributed by atoms with Crippen molar-refractivity contribution < 1.29 is 19.7 Å². The minimum Gasteiger partial charge on any atom is -0.508 e. The molecule has 2 unspecified atom stereocenters. The molecule has 1 heterocycles. The topological polar surface area (TPSA) is 58.9 Å². The van der Waals surface area contributed by atoms with Crippen LogP contribution in [0.25, 0.3) is 6.08 Å². The molecular weight excluding hydrogens is 364 g/mol. The van der Waals surface area contributed by atoms with Crippen molar-refractivity contribution in [3.63, 3.8) is 0 Å². The molecule has 0 bridgehead atoms. The average molecular weight is 388 g/mol. The van der Waals surface area contributed by atoms with E-state index in [1.807, 2.05) is 31.2 Å². The molecule has 0 spiro atoms. The maximum absolute atomic E-state index is 10.3. The van der Waals surface area contributed by atoms with Crippen molar-refractivity contribution in [1.29, 1.82) is 0 Å². The molecule has 3 aromatic carbocycles. The van der Waals surface area contributed by atoms with Gasteiger partial charge in [-0.05, 0) is 47.9 Å². The van der Waals surface area contributed by atoms with Crippen LogP contribution in [0.3, 0.4) is 0 Å². The van der Waals surface area contributed by atoms with Gasteiger partial charge in [-0.1, -0.05) is 43.0 Å². The molecular formula is C25H24O4. The van der Waals surface area contributed by atoms with E-state index in [2.05, 4.69) is 18.7 Å². The lowest BCUT2D eigenvalue weighted by atomic mass is 9.75. The van der Waals surface area contributed by atoms with Crippen LogP contribution in [0.2, 0.25) is 0 Å². The molecule has 29 heavy (non-hydrogen) atoms. The minimum atomic E-state index is 0.0206. The van der Waals surface area contributed by atoms with E-state index in [4.69, 9.17) is 9.47 Å². The van der Waals surface area contributed by atoms with E-state index in [0.717, 1.165) is 28.0 Å². The van der Waals surface area contributed by atoms with Crippen molar-refractivity contribution in [2.24, 2.45) is 0 Å². The van der Waals surface area contributed by atoms with Crippen LogP contribution in [-0.4, -0.2) is 23.9 Å². The molecule has 4 heteroatoms. The fourth-order valence-corrected chi connectivity index (χ4v) is 4.21. The van der Waals surface area contributed by atoms with Crippen molar-refractivity contribution in [3.8, 4) is 23.0 Å². The molecule has 1 aliphatic heterocycles. The van der Waals surface area contributed by atoms with Gasteiger partial charge in [-0.2, -0.15) is 0 Å². The lowest BCUT2D eigenvalue weighted by Gasteiger charge is -2.35. The van der Waals surface area contributed by atoms with E-state index >= 15 is 0 Å². The summed E-state index contributed by atoms with van der Waals surface area (Å²) >= 11 is 0. The molecule has 2 N–H and O–H groups in total. The molecule has 0 saturated carbocycles. The molecule has 2 atom stereocenters. The Hall–Kier alpha value is -3.40.